The first kappa shape index (κ1) is 23.6. The summed E-state index contributed by atoms with van der Waals surface area (Å²) >= 11 is 12.6. The summed E-state index contributed by atoms with van der Waals surface area (Å²) in [6.07, 6.45) is 1.35. The molecule has 0 aliphatic carbocycles. The van der Waals surface area contributed by atoms with E-state index in [0.717, 1.165) is 4.32 Å². The van der Waals surface area contributed by atoms with E-state index in [0.29, 0.717) is 15.8 Å². The fourth-order valence-corrected chi connectivity index (χ4v) is 2.46. The van der Waals surface area contributed by atoms with Crippen LogP contribution in [0.2, 0.25) is 0 Å². The van der Waals surface area contributed by atoms with Gasteiger partial charge in [-0.15, -0.1) is 0 Å². The number of hydrogen-bond donors (Lipinski definition) is 2. The van der Waals surface area contributed by atoms with Crippen LogP contribution in [0.25, 0.3) is 0 Å². The fraction of sp³-hybridized carbons (Fsp3) is 0.583. The summed E-state index contributed by atoms with van der Waals surface area (Å²) in [5.74, 6) is -0.711. The number of aliphatic hydroxyl groups is 1. The zero-order chi connectivity index (χ0) is 17.7. The third-order valence-corrected chi connectivity index (χ3v) is 5.14. The lowest BCUT2D eigenvalue weighted by molar-refractivity contribution is -0.348. The molecular weight excluding hydrogens is 364 g/mol. The number of thiocarbonyl (C=S) groups is 2. The average Bonchev–Trinajstić information content (AvgIpc) is 2.38. The van der Waals surface area contributed by atoms with E-state index in [-0.39, 0.29) is 6.42 Å². The molecule has 0 radical (unpaired) electrons. The molecule has 0 aromatic carbocycles. The molecule has 0 atom stereocenters. The second kappa shape index (κ2) is 13.9. The first-order chi connectivity index (χ1) is 10.1. The minimum atomic E-state index is -0.904. The number of aliphatic carboxylic acids is 1. The summed E-state index contributed by atoms with van der Waals surface area (Å²) in [6.45, 7) is 0. The minimum Gasteiger partial charge on any atom is -0.629 e. The van der Waals surface area contributed by atoms with E-state index < -0.39 is 11.9 Å². The van der Waals surface area contributed by atoms with Crippen molar-refractivity contribution in [1.82, 2.24) is 9.80 Å². The lowest BCUT2D eigenvalue weighted by Crippen LogP contribution is -2.16. The van der Waals surface area contributed by atoms with Gasteiger partial charge in [0.05, 0.1) is 6.42 Å². The second-order valence-corrected chi connectivity index (χ2v) is 7.55. The SMILES string of the molecule is CN(C)C(=S)SCC=C([O-])O.CN(C)C(=S)SCCC(=O)O. The van der Waals surface area contributed by atoms with E-state index in [1.54, 1.807) is 9.80 Å². The third-order valence-electron chi connectivity index (χ3n) is 1.74. The molecule has 0 heterocycles. The number of carbonyl (C=O) groups is 1. The van der Waals surface area contributed by atoms with Crippen LogP contribution < -0.4 is 5.11 Å². The molecule has 0 amide bonds. The molecule has 0 spiro atoms. The fourth-order valence-electron chi connectivity index (χ4n) is 0.668. The highest BCUT2D eigenvalue weighted by atomic mass is 32.2. The lowest BCUT2D eigenvalue weighted by Gasteiger charge is -2.11. The summed E-state index contributed by atoms with van der Waals surface area (Å²) in [7, 11) is 7.35. The van der Waals surface area contributed by atoms with Gasteiger partial charge in [-0.1, -0.05) is 54.0 Å². The molecule has 0 fully saturated rings. The van der Waals surface area contributed by atoms with Gasteiger partial charge in [0.1, 0.15) is 8.64 Å². The van der Waals surface area contributed by atoms with Gasteiger partial charge in [-0.05, 0) is 0 Å². The second-order valence-electron chi connectivity index (χ2n) is 4.17. The Morgan fingerprint density at radius 2 is 1.55 bits per heavy atom. The summed E-state index contributed by atoms with van der Waals surface area (Å²) in [6, 6.07) is 0. The molecule has 0 unspecified atom stereocenters. The van der Waals surface area contributed by atoms with E-state index in [2.05, 4.69) is 0 Å². The van der Waals surface area contributed by atoms with Gasteiger partial charge in [-0.3, -0.25) is 4.79 Å². The Hall–Kier alpha value is -0.710. The Morgan fingerprint density at radius 1 is 1.09 bits per heavy atom. The molecule has 0 aromatic heterocycles. The van der Waals surface area contributed by atoms with Crippen molar-refractivity contribution in [1.29, 1.82) is 0 Å². The van der Waals surface area contributed by atoms with Gasteiger partial charge in [0, 0.05) is 45.6 Å². The quantitative estimate of drug-likeness (QED) is 0.534. The van der Waals surface area contributed by atoms with Crippen LogP contribution in [0.4, 0.5) is 0 Å². The van der Waals surface area contributed by atoms with Gasteiger partial charge < -0.3 is 25.1 Å². The van der Waals surface area contributed by atoms with Crippen LogP contribution in [0, 0.1) is 0 Å². The van der Waals surface area contributed by atoms with Crippen LogP contribution >= 0.6 is 48.0 Å². The Bertz CT molecular complexity index is 397. The highest BCUT2D eigenvalue weighted by molar-refractivity contribution is 8.23. The molecule has 0 bridgehead atoms. The predicted octanol–water partition coefficient (Wildman–Crippen LogP) is 1.37. The van der Waals surface area contributed by atoms with Gasteiger partial charge in [-0.25, -0.2) is 0 Å². The van der Waals surface area contributed by atoms with E-state index in [1.807, 2.05) is 28.2 Å². The van der Waals surface area contributed by atoms with Crippen LogP contribution in [0.3, 0.4) is 0 Å². The summed E-state index contributed by atoms with van der Waals surface area (Å²) in [5.41, 5.74) is 0. The van der Waals surface area contributed by atoms with Crippen LogP contribution in [0.15, 0.2) is 12.0 Å². The maximum atomic E-state index is 10.1. The highest BCUT2D eigenvalue weighted by Gasteiger charge is 2.01. The highest BCUT2D eigenvalue weighted by Crippen LogP contribution is 2.07. The first-order valence-corrected chi connectivity index (χ1v) is 8.82. The number of thioether (sulfide) groups is 2. The van der Waals surface area contributed by atoms with Crippen molar-refractivity contribution in [3.63, 3.8) is 0 Å². The van der Waals surface area contributed by atoms with Crippen molar-refractivity contribution < 1.29 is 20.1 Å². The van der Waals surface area contributed by atoms with Crippen molar-refractivity contribution in [2.24, 2.45) is 0 Å². The maximum absolute atomic E-state index is 10.1. The molecule has 0 aliphatic rings. The number of aliphatic hydroxyl groups excluding tert-OH is 1. The predicted molar refractivity (Wildman–Crippen MR) is 100 cm³/mol. The van der Waals surface area contributed by atoms with Gasteiger partial charge in [0.25, 0.3) is 0 Å². The third kappa shape index (κ3) is 17.3. The molecule has 2 N–H and O–H groups in total. The smallest absolute Gasteiger partial charge is 0.304 e. The molecule has 128 valence electrons. The van der Waals surface area contributed by atoms with Crippen LogP contribution in [-0.2, 0) is 4.79 Å². The van der Waals surface area contributed by atoms with Gasteiger partial charge >= 0.3 is 5.97 Å². The molecule has 0 aliphatic heterocycles. The Kier molecular flexibility index (Phi) is 14.9. The molecule has 0 aromatic rings. The topological polar surface area (TPSA) is 87.1 Å². The Balaban J connectivity index is 0. The molecule has 10 heteroatoms. The van der Waals surface area contributed by atoms with E-state index in [9.17, 15) is 9.90 Å². The normalized spacial score (nSPS) is 10.3. The van der Waals surface area contributed by atoms with Gasteiger partial charge in [-0.2, -0.15) is 0 Å². The summed E-state index contributed by atoms with van der Waals surface area (Å²) < 4.78 is 1.42. The summed E-state index contributed by atoms with van der Waals surface area (Å²) in [5, 5.41) is 26.6. The van der Waals surface area contributed by atoms with Crippen LogP contribution in [-0.4, -0.2) is 74.3 Å². The number of nitrogens with zero attached hydrogens (tertiary/aromatic N) is 2. The van der Waals surface area contributed by atoms with Crippen LogP contribution in [0.1, 0.15) is 6.42 Å². The standard InChI is InChI=1S/2C6H11NO2S2/c2*1-7(2)6(10)11-4-3-5(8)9/h3-4H2,1-2H3,(H,8,9);3,8-9H,4H2,1-2H3/p-1. The van der Waals surface area contributed by atoms with E-state index in [1.165, 1.54) is 29.6 Å². The molecule has 22 heavy (non-hydrogen) atoms. The van der Waals surface area contributed by atoms with Crippen molar-refractivity contribution in [2.75, 3.05) is 39.7 Å². The largest absolute Gasteiger partial charge is 0.629 e. The van der Waals surface area contributed by atoms with E-state index >= 15 is 0 Å². The number of carboxylic acid groups (broad SMARTS) is 1. The molecule has 0 saturated heterocycles. The number of rotatable bonds is 5. The molecule has 0 saturated carbocycles. The zero-order valence-electron chi connectivity index (χ0n) is 12.9. The van der Waals surface area contributed by atoms with Crippen molar-refractivity contribution in [2.45, 2.75) is 6.42 Å². The molecule has 6 nitrogen and oxygen atoms in total. The van der Waals surface area contributed by atoms with Gasteiger partial charge in [0.15, 0.2) is 0 Å². The zero-order valence-corrected chi connectivity index (χ0v) is 16.2. The summed E-state index contributed by atoms with van der Waals surface area (Å²) in [4.78, 5) is 13.6. The van der Waals surface area contributed by atoms with Crippen molar-refractivity contribution in [3.8, 4) is 0 Å². The maximum Gasteiger partial charge on any atom is 0.304 e. The first-order valence-electron chi connectivity index (χ1n) is 6.04. The molecule has 0 rings (SSSR count). The van der Waals surface area contributed by atoms with Crippen LogP contribution in [0.5, 0.6) is 0 Å². The average molecular weight is 386 g/mol. The van der Waals surface area contributed by atoms with Gasteiger partial charge in [0.2, 0.25) is 0 Å². The number of carboxylic acids is 1. The number of hydrogen-bond acceptors (Lipinski definition) is 7. The monoisotopic (exact) mass is 385 g/mol. The minimum absolute atomic E-state index is 0.165. The van der Waals surface area contributed by atoms with Crippen molar-refractivity contribution >= 4 is 62.6 Å². The Labute approximate surface area is 150 Å². The molecular formula is C12H21N2O4S4-. The lowest BCUT2D eigenvalue weighted by atomic mass is 10.5. The van der Waals surface area contributed by atoms with E-state index in [4.69, 9.17) is 34.6 Å². The Morgan fingerprint density at radius 3 is 1.91 bits per heavy atom. The van der Waals surface area contributed by atoms with Crippen molar-refractivity contribution in [3.05, 3.63) is 12.0 Å².